The van der Waals surface area contributed by atoms with Crippen LogP contribution in [-0.2, 0) is 26.2 Å². The third-order valence-corrected chi connectivity index (χ3v) is 8.88. The second-order valence-electron chi connectivity index (χ2n) is 10.3. The predicted molar refractivity (Wildman–Crippen MR) is 161 cm³/mol. The molecule has 7 nitrogen and oxygen atoms in total. The molecular weight excluding hydrogens is 522 g/mol. The van der Waals surface area contributed by atoms with Crippen molar-refractivity contribution in [2.45, 2.75) is 71.9 Å². The van der Waals surface area contributed by atoms with Crippen LogP contribution in [0.15, 0.2) is 71.6 Å². The highest BCUT2D eigenvalue weighted by Crippen LogP contribution is 2.29. The second-order valence-corrected chi connectivity index (χ2v) is 12.1. The summed E-state index contributed by atoms with van der Waals surface area (Å²) >= 11 is 0. The van der Waals surface area contributed by atoms with Crippen molar-refractivity contribution in [1.82, 2.24) is 10.2 Å². The number of carbonyl (C=O) groups is 2. The van der Waals surface area contributed by atoms with E-state index >= 15 is 0 Å². The molecule has 0 aliphatic heterocycles. The number of carbonyl (C=O) groups excluding carboxylic acids is 2. The van der Waals surface area contributed by atoms with Crippen molar-refractivity contribution >= 4 is 27.5 Å². The van der Waals surface area contributed by atoms with E-state index in [1.165, 1.54) is 9.21 Å². The first kappa shape index (κ1) is 30.9. The van der Waals surface area contributed by atoms with Gasteiger partial charge in [0.15, 0.2) is 0 Å². The zero-order valence-electron chi connectivity index (χ0n) is 24.4. The van der Waals surface area contributed by atoms with E-state index in [0.717, 1.165) is 34.2 Å². The Morgan fingerprint density at radius 3 is 2.17 bits per heavy atom. The Morgan fingerprint density at radius 1 is 0.875 bits per heavy atom. The first-order valence-electron chi connectivity index (χ1n) is 13.8. The largest absolute Gasteiger partial charge is 0.354 e. The number of hydrogen-bond donors (Lipinski definition) is 1. The zero-order chi connectivity index (χ0) is 29.4. The van der Waals surface area contributed by atoms with Gasteiger partial charge in [-0.1, -0.05) is 73.5 Å². The zero-order valence-corrected chi connectivity index (χ0v) is 25.2. The fourth-order valence-corrected chi connectivity index (χ4v) is 6.12. The lowest BCUT2D eigenvalue weighted by molar-refractivity contribution is -0.140. The van der Waals surface area contributed by atoms with Gasteiger partial charge in [0.1, 0.15) is 12.6 Å². The average Bonchev–Trinajstić information content (AvgIpc) is 2.92. The van der Waals surface area contributed by atoms with Crippen LogP contribution in [0.3, 0.4) is 0 Å². The smallest absolute Gasteiger partial charge is 0.264 e. The van der Waals surface area contributed by atoms with Gasteiger partial charge in [-0.05, 0) is 75.4 Å². The van der Waals surface area contributed by atoms with Crippen LogP contribution in [-0.4, -0.2) is 44.3 Å². The summed E-state index contributed by atoms with van der Waals surface area (Å²) in [5.74, 6) is -0.693. The molecule has 0 radical (unpaired) electrons. The molecule has 8 heteroatoms. The van der Waals surface area contributed by atoms with Crippen LogP contribution in [0.4, 0.5) is 5.69 Å². The third kappa shape index (κ3) is 7.30. The summed E-state index contributed by atoms with van der Waals surface area (Å²) in [6.07, 6.45) is 1.16. The molecule has 0 spiro atoms. The van der Waals surface area contributed by atoms with Crippen LogP contribution in [0.1, 0.15) is 54.5 Å². The summed E-state index contributed by atoms with van der Waals surface area (Å²) in [6.45, 7) is 11.7. The highest BCUT2D eigenvalue weighted by molar-refractivity contribution is 7.92. The van der Waals surface area contributed by atoms with Crippen molar-refractivity contribution < 1.29 is 18.0 Å². The molecule has 0 bridgehead atoms. The Balaban J connectivity index is 2.10. The van der Waals surface area contributed by atoms with Gasteiger partial charge >= 0.3 is 0 Å². The van der Waals surface area contributed by atoms with Gasteiger partial charge in [-0.25, -0.2) is 8.42 Å². The molecule has 214 valence electrons. The Hall–Kier alpha value is -3.65. The van der Waals surface area contributed by atoms with Crippen molar-refractivity contribution in [2.75, 3.05) is 17.4 Å². The van der Waals surface area contributed by atoms with Gasteiger partial charge in [-0.3, -0.25) is 13.9 Å². The summed E-state index contributed by atoms with van der Waals surface area (Å²) < 4.78 is 29.3. The lowest BCUT2D eigenvalue weighted by Crippen LogP contribution is -2.52. The Kier molecular flexibility index (Phi) is 10.5. The number of nitrogens with one attached hydrogen (secondary N) is 1. The second kappa shape index (κ2) is 13.6. The van der Waals surface area contributed by atoms with E-state index in [0.29, 0.717) is 18.7 Å². The molecule has 0 aliphatic rings. The Morgan fingerprint density at radius 2 is 1.55 bits per heavy atom. The average molecular weight is 564 g/mol. The monoisotopic (exact) mass is 563 g/mol. The molecule has 3 rings (SSSR count). The standard InChI is InChI=1S/C32H41N3O4S/c1-7-19-33-32(37)29(8-2)34(21-27-13-9-11-24(4)20-27)31(36)22-35(30-14-10-12-25(5)26(30)6)40(38,39)28-17-15-23(3)16-18-28/h9-18,20,29H,7-8,19,21-22H2,1-6H3,(H,33,37)/t29-/m1/s1. The molecule has 0 unspecified atom stereocenters. The summed E-state index contributed by atoms with van der Waals surface area (Å²) in [5, 5.41) is 2.91. The molecule has 3 aromatic rings. The van der Waals surface area contributed by atoms with E-state index in [-0.39, 0.29) is 17.3 Å². The molecule has 0 aromatic heterocycles. The Bertz CT molecular complexity index is 1430. The molecule has 40 heavy (non-hydrogen) atoms. The normalized spacial score (nSPS) is 12.1. The minimum absolute atomic E-state index is 0.102. The fourth-order valence-electron chi connectivity index (χ4n) is 4.65. The van der Waals surface area contributed by atoms with Crippen LogP contribution < -0.4 is 9.62 Å². The molecule has 2 amide bonds. The maximum Gasteiger partial charge on any atom is 0.264 e. The van der Waals surface area contributed by atoms with Crippen molar-refractivity contribution in [3.05, 3.63) is 94.5 Å². The number of hydrogen-bond acceptors (Lipinski definition) is 4. The molecule has 0 fully saturated rings. The SMILES string of the molecule is CCCNC(=O)[C@@H](CC)N(Cc1cccc(C)c1)C(=O)CN(c1cccc(C)c1C)S(=O)(=O)c1ccc(C)cc1. The van der Waals surface area contributed by atoms with E-state index in [2.05, 4.69) is 5.32 Å². The molecule has 3 aromatic carbocycles. The van der Waals surface area contributed by atoms with Gasteiger partial charge in [0, 0.05) is 13.1 Å². The summed E-state index contributed by atoms with van der Waals surface area (Å²) in [4.78, 5) is 29.0. The number of anilines is 1. The third-order valence-electron chi connectivity index (χ3n) is 7.10. The van der Waals surface area contributed by atoms with E-state index in [4.69, 9.17) is 0 Å². The maximum absolute atomic E-state index is 14.2. The van der Waals surface area contributed by atoms with Gasteiger partial charge < -0.3 is 10.2 Å². The number of benzene rings is 3. The number of sulfonamides is 1. The van der Waals surface area contributed by atoms with E-state index in [9.17, 15) is 18.0 Å². The fraction of sp³-hybridized carbons (Fsp3) is 0.375. The van der Waals surface area contributed by atoms with E-state index in [1.54, 1.807) is 36.4 Å². The maximum atomic E-state index is 14.2. The molecule has 1 atom stereocenters. The number of nitrogens with zero attached hydrogens (tertiary/aromatic N) is 2. The molecule has 0 aliphatic carbocycles. The van der Waals surface area contributed by atoms with Crippen LogP contribution in [0.2, 0.25) is 0 Å². The first-order chi connectivity index (χ1) is 19.0. The van der Waals surface area contributed by atoms with Crippen molar-refractivity contribution in [3.8, 4) is 0 Å². The Labute approximate surface area is 239 Å². The number of amides is 2. The minimum Gasteiger partial charge on any atom is -0.354 e. The van der Waals surface area contributed by atoms with Crippen LogP contribution >= 0.6 is 0 Å². The lowest BCUT2D eigenvalue weighted by atomic mass is 10.1. The minimum atomic E-state index is -4.10. The van der Waals surface area contributed by atoms with E-state index < -0.39 is 28.5 Å². The lowest BCUT2D eigenvalue weighted by Gasteiger charge is -2.33. The molecule has 0 saturated heterocycles. The first-order valence-corrected chi connectivity index (χ1v) is 15.2. The van der Waals surface area contributed by atoms with Gasteiger partial charge in [0.05, 0.1) is 10.6 Å². The molecule has 0 saturated carbocycles. The van der Waals surface area contributed by atoms with E-state index in [1.807, 2.05) is 71.9 Å². The molecule has 1 N–H and O–H groups in total. The van der Waals surface area contributed by atoms with Crippen molar-refractivity contribution in [3.63, 3.8) is 0 Å². The summed E-state index contributed by atoms with van der Waals surface area (Å²) in [6, 6.07) is 19.0. The van der Waals surface area contributed by atoms with Gasteiger partial charge in [-0.15, -0.1) is 0 Å². The van der Waals surface area contributed by atoms with Gasteiger partial charge in [0.25, 0.3) is 10.0 Å². The summed E-state index contributed by atoms with van der Waals surface area (Å²) in [5.41, 5.74) is 4.96. The topological polar surface area (TPSA) is 86.8 Å². The van der Waals surface area contributed by atoms with Crippen LogP contribution in [0, 0.1) is 27.7 Å². The van der Waals surface area contributed by atoms with Crippen LogP contribution in [0.5, 0.6) is 0 Å². The predicted octanol–water partition coefficient (Wildman–Crippen LogP) is 5.45. The highest BCUT2D eigenvalue weighted by atomic mass is 32.2. The quantitative estimate of drug-likeness (QED) is 0.318. The molecule has 0 heterocycles. The number of rotatable bonds is 12. The molecular formula is C32H41N3O4S. The highest BCUT2D eigenvalue weighted by Gasteiger charge is 2.34. The van der Waals surface area contributed by atoms with Gasteiger partial charge in [0.2, 0.25) is 11.8 Å². The van der Waals surface area contributed by atoms with Gasteiger partial charge in [-0.2, -0.15) is 0 Å². The summed E-state index contributed by atoms with van der Waals surface area (Å²) in [7, 11) is -4.10. The van der Waals surface area contributed by atoms with Crippen molar-refractivity contribution in [1.29, 1.82) is 0 Å². The number of aryl methyl sites for hydroxylation is 3. The van der Waals surface area contributed by atoms with Crippen molar-refractivity contribution in [2.24, 2.45) is 0 Å². The van der Waals surface area contributed by atoms with Crippen LogP contribution in [0.25, 0.3) is 0 Å².